The minimum atomic E-state index is 0.0585. The van der Waals surface area contributed by atoms with Crippen molar-refractivity contribution in [3.8, 4) is 0 Å². The number of fused-ring (bicyclic) bond motifs is 3. The van der Waals surface area contributed by atoms with Crippen molar-refractivity contribution < 1.29 is 4.79 Å². The van der Waals surface area contributed by atoms with Crippen LogP contribution in [0.2, 0.25) is 0 Å². The van der Waals surface area contributed by atoms with Gasteiger partial charge in [-0.05, 0) is 30.4 Å². The maximum atomic E-state index is 12.8. The first-order valence-corrected chi connectivity index (χ1v) is 10.3. The van der Waals surface area contributed by atoms with Crippen LogP contribution in [0.15, 0.2) is 41.5 Å². The highest BCUT2D eigenvalue weighted by atomic mass is 32.1. The maximum Gasteiger partial charge on any atom is 0.262 e. The van der Waals surface area contributed by atoms with Gasteiger partial charge in [-0.15, -0.1) is 11.3 Å². The van der Waals surface area contributed by atoms with Gasteiger partial charge in [0.2, 0.25) is 5.91 Å². The van der Waals surface area contributed by atoms with Crippen molar-refractivity contribution in [2.45, 2.75) is 45.7 Å². The summed E-state index contributed by atoms with van der Waals surface area (Å²) in [6.45, 7) is 4.01. The van der Waals surface area contributed by atoms with Crippen molar-refractivity contribution in [1.82, 2.24) is 14.5 Å². The van der Waals surface area contributed by atoms with E-state index in [0.29, 0.717) is 26.1 Å². The van der Waals surface area contributed by atoms with E-state index in [0.717, 1.165) is 39.9 Å². The number of rotatable bonds is 5. The van der Waals surface area contributed by atoms with E-state index in [9.17, 15) is 9.59 Å². The molecular weight excluding hydrogens is 358 g/mol. The summed E-state index contributed by atoms with van der Waals surface area (Å²) in [6.07, 6.45) is 4.58. The van der Waals surface area contributed by atoms with Gasteiger partial charge in [0, 0.05) is 24.4 Å². The van der Waals surface area contributed by atoms with Crippen molar-refractivity contribution in [3.05, 3.63) is 63.0 Å². The molecule has 27 heavy (non-hydrogen) atoms. The van der Waals surface area contributed by atoms with Crippen LogP contribution in [0.4, 0.5) is 0 Å². The molecule has 3 aromatic rings. The molecule has 0 unspecified atom stereocenters. The lowest BCUT2D eigenvalue weighted by atomic mass is 10.0. The number of nitrogens with zero attached hydrogens (tertiary/aromatic N) is 3. The Balaban J connectivity index is 1.52. The molecule has 1 aliphatic heterocycles. The molecule has 6 heteroatoms. The number of benzene rings is 1. The molecule has 0 spiro atoms. The Morgan fingerprint density at radius 2 is 2.07 bits per heavy atom. The molecule has 3 heterocycles. The quantitative estimate of drug-likeness (QED) is 0.681. The first kappa shape index (κ1) is 17.9. The predicted octanol–water partition coefficient (Wildman–Crippen LogP) is 3.39. The van der Waals surface area contributed by atoms with E-state index in [-0.39, 0.29) is 11.5 Å². The van der Waals surface area contributed by atoms with Gasteiger partial charge in [-0.25, -0.2) is 4.98 Å². The number of hydrogen-bond donors (Lipinski definition) is 0. The smallest absolute Gasteiger partial charge is 0.262 e. The van der Waals surface area contributed by atoms with E-state index in [1.807, 2.05) is 23.1 Å². The fourth-order valence-electron chi connectivity index (χ4n) is 3.69. The van der Waals surface area contributed by atoms with Crippen molar-refractivity contribution in [2.24, 2.45) is 0 Å². The highest BCUT2D eigenvalue weighted by molar-refractivity contribution is 7.18. The van der Waals surface area contributed by atoms with Gasteiger partial charge < -0.3 is 4.90 Å². The van der Waals surface area contributed by atoms with Gasteiger partial charge in [-0.2, -0.15) is 0 Å². The number of aromatic nitrogens is 2. The average Bonchev–Trinajstić information content (AvgIpc) is 3.07. The molecule has 0 aliphatic carbocycles. The Hall–Kier alpha value is -2.47. The lowest BCUT2D eigenvalue weighted by Crippen LogP contribution is -2.35. The van der Waals surface area contributed by atoms with Gasteiger partial charge >= 0.3 is 0 Å². The summed E-state index contributed by atoms with van der Waals surface area (Å²) >= 11 is 1.56. The maximum absolute atomic E-state index is 12.8. The van der Waals surface area contributed by atoms with Crippen LogP contribution >= 0.6 is 11.3 Å². The molecule has 0 fully saturated rings. The highest BCUT2D eigenvalue weighted by Crippen LogP contribution is 2.32. The molecule has 2 aromatic heterocycles. The third kappa shape index (κ3) is 3.54. The van der Waals surface area contributed by atoms with E-state index in [2.05, 4.69) is 24.0 Å². The van der Waals surface area contributed by atoms with Crippen LogP contribution in [0, 0.1) is 0 Å². The van der Waals surface area contributed by atoms with Gasteiger partial charge in [0.1, 0.15) is 4.83 Å². The number of carbonyl (C=O) groups excluding carboxylic acids is 1. The number of carbonyl (C=O) groups is 1. The van der Waals surface area contributed by atoms with Gasteiger partial charge in [-0.3, -0.25) is 14.2 Å². The Labute approximate surface area is 162 Å². The predicted molar refractivity (Wildman–Crippen MR) is 108 cm³/mol. The molecule has 0 N–H and O–H groups in total. The van der Waals surface area contributed by atoms with Gasteiger partial charge in [-0.1, -0.05) is 37.3 Å². The molecule has 0 radical (unpaired) electrons. The number of amides is 1. The topological polar surface area (TPSA) is 55.2 Å². The zero-order valence-corrected chi connectivity index (χ0v) is 16.3. The summed E-state index contributed by atoms with van der Waals surface area (Å²) in [5.74, 6) is 0.179. The van der Waals surface area contributed by atoms with Crippen LogP contribution in [0.3, 0.4) is 0 Å². The summed E-state index contributed by atoms with van der Waals surface area (Å²) in [6, 6.07) is 10.1. The third-order valence-corrected chi connectivity index (χ3v) is 6.24. The first-order valence-electron chi connectivity index (χ1n) is 9.48. The zero-order chi connectivity index (χ0) is 18.8. The van der Waals surface area contributed by atoms with Crippen molar-refractivity contribution in [2.75, 3.05) is 6.54 Å². The van der Waals surface area contributed by atoms with Gasteiger partial charge in [0.15, 0.2) is 0 Å². The molecule has 5 nitrogen and oxygen atoms in total. The Kier molecular flexibility index (Phi) is 5.07. The van der Waals surface area contributed by atoms with Crippen LogP contribution in [0.5, 0.6) is 0 Å². The normalized spacial score (nSPS) is 13.7. The number of thiophene rings is 1. The fourth-order valence-corrected chi connectivity index (χ4v) is 4.88. The fraction of sp³-hybridized carbons (Fsp3) is 0.381. The van der Waals surface area contributed by atoms with Gasteiger partial charge in [0.25, 0.3) is 5.56 Å². The molecule has 1 amide bonds. The van der Waals surface area contributed by atoms with E-state index >= 15 is 0 Å². The van der Waals surface area contributed by atoms with Crippen LogP contribution in [-0.4, -0.2) is 26.9 Å². The summed E-state index contributed by atoms with van der Waals surface area (Å²) < 4.78 is 1.70. The van der Waals surface area contributed by atoms with Crippen molar-refractivity contribution in [1.29, 1.82) is 0 Å². The first-order chi connectivity index (χ1) is 13.2. The third-order valence-electron chi connectivity index (χ3n) is 5.11. The molecule has 0 atom stereocenters. The van der Waals surface area contributed by atoms with Crippen molar-refractivity contribution >= 4 is 27.5 Å². The summed E-state index contributed by atoms with van der Waals surface area (Å²) in [7, 11) is 0. The standard InChI is InChI=1S/C21H23N3O2S/c1-2-11-24-14-22-20-19(21(24)26)16-10-12-23(13-17(16)27-20)18(25)9-8-15-6-4-3-5-7-15/h3-7,14H,2,8-13H2,1H3. The highest BCUT2D eigenvalue weighted by Gasteiger charge is 2.26. The minimum absolute atomic E-state index is 0.0585. The van der Waals surface area contributed by atoms with Crippen LogP contribution < -0.4 is 5.56 Å². The molecular formula is C21H23N3O2S. The van der Waals surface area contributed by atoms with Crippen LogP contribution in [0.25, 0.3) is 10.2 Å². The van der Waals surface area contributed by atoms with E-state index in [1.54, 1.807) is 22.2 Å². The summed E-state index contributed by atoms with van der Waals surface area (Å²) in [4.78, 5) is 33.8. The molecule has 1 aromatic carbocycles. The average molecular weight is 382 g/mol. The molecule has 0 saturated heterocycles. The SMILES string of the molecule is CCCn1cnc2sc3c(c2c1=O)CCN(C(=O)CCc1ccccc1)C3. The second-order valence-electron chi connectivity index (χ2n) is 6.98. The summed E-state index contributed by atoms with van der Waals surface area (Å²) in [5, 5.41) is 0.766. The van der Waals surface area contributed by atoms with E-state index in [1.165, 1.54) is 5.56 Å². The zero-order valence-electron chi connectivity index (χ0n) is 15.5. The molecule has 140 valence electrons. The van der Waals surface area contributed by atoms with Crippen LogP contribution in [0.1, 0.15) is 35.8 Å². The lowest BCUT2D eigenvalue weighted by molar-refractivity contribution is -0.132. The molecule has 1 aliphatic rings. The largest absolute Gasteiger partial charge is 0.337 e. The second-order valence-corrected chi connectivity index (χ2v) is 8.06. The van der Waals surface area contributed by atoms with E-state index in [4.69, 9.17) is 0 Å². The Morgan fingerprint density at radius 3 is 2.85 bits per heavy atom. The Morgan fingerprint density at radius 1 is 1.26 bits per heavy atom. The molecule has 4 rings (SSSR count). The summed E-state index contributed by atoms with van der Waals surface area (Å²) in [5.41, 5.74) is 2.35. The minimum Gasteiger partial charge on any atom is -0.337 e. The van der Waals surface area contributed by atoms with Crippen molar-refractivity contribution in [3.63, 3.8) is 0 Å². The monoisotopic (exact) mass is 381 g/mol. The molecule has 0 saturated carbocycles. The van der Waals surface area contributed by atoms with E-state index < -0.39 is 0 Å². The number of aryl methyl sites for hydroxylation is 2. The second kappa shape index (κ2) is 7.64. The molecule has 0 bridgehead atoms. The lowest BCUT2D eigenvalue weighted by Gasteiger charge is -2.27. The van der Waals surface area contributed by atoms with Gasteiger partial charge in [0.05, 0.1) is 18.3 Å². The van der Waals surface area contributed by atoms with Crippen LogP contribution in [-0.2, 0) is 30.7 Å². The Bertz CT molecular complexity index is 1020. The number of hydrogen-bond acceptors (Lipinski definition) is 4.